The molecule has 79 heavy (non-hydrogen) atoms. The number of rotatable bonds is 31. The minimum Gasteiger partial charge on any atom is -0.445 e. The first-order chi connectivity index (χ1) is 37.2. The summed E-state index contributed by atoms with van der Waals surface area (Å²) in [6.45, 7) is 19.9. The van der Waals surface area contributed by atoms with Gasteiger partial charge in [-0.2, -0.15) is 0 Å². The third-order valence-electron chi connectivity index (χ3n) is 14.7. The summed E-state index contributed by atoms with van der Waals surface area (Å²) in [4.78, 5) is 112. The number of nitrogens with zero attached hydrogens (tertiary/aromatic N) is 3. The highest BCUT2D eigenvalue weighted by Crippen LogP contribution is 2.30. The summed E-state index contributed by atoms with van der Waals surface area (Å²) in [6, 6.07) is 12.1. The lowest BCUT2D eigenvalue weighted by atomic mass is 9.90. The minimum atomic E-state index is -1.01. The Hall–Kier alpha value is -6.16. The summed E-state index contributed by atoms with van der Waals surface area (Å²) < 4.78 is 23.1. The zero-order valence-electron chi connectivity index (χ0n) is 49.4. The number of hydrogen-bond donors (Lipinski definition) is 6. The second-order valence-corrected chi connectivity index (χ2v) is 22.0. The molecule has 21 heteroatoms. The van der Waals surface area contributed by atoms with Crippen LogP contribution in [0.3, 0.4) is 0 Å². The predicted molar refractivity (Wildman–Crippen MR) is 300 cm³/mol. The van der Waals surface area contributed by atoms with Gasteiger partial charge in [-0.3, -0.25) is 38.5 Å². The minimum absolute atomic E-state index is 0.0578. The number of carbonyl (C=O) groups excluding carboxylic acids is 8. The van der Waals surface area contributed by atoms with Gasteiger partial charge in [-0.05, 0) is 81.5 Å². The first kappa shape index (κ1) is 67.1. The Morgan fingerprint density at radius 3 is 1.97 bits per heavy atom. The fourth-order valence-electron chi connectivity index (χ4n) is 10.1. The first-order valence-electron chi connectivity index (χ1n) is 27.6. The zero-order chi connectivity index (χ0) is 59.3. The van der Waals surface area contributed by atoms with Gasteiger partial charge in [-0.25, -0.2) is 4.79 Å². The number of amides is 8. The summed E-state index contributed by atoms with van der Waals surface area (Å²) in [5.74, 6) is -4.32. The molecule has 1 fully saturated rings. The number of aliphatic hydroxyl groups is 1. The summed E-state index contributed by atoms with van der Waals surface area (Å²) >= 11 is 0. The van der Waals surface area contributed by atoms with Crippen molar-refractivity contribution in [1.29, 1.82) is 0 Å². The molecular formula is C58H92N8O13. The van der Waals surface area contributed by atoms with Crippen molar-refractivity contribution < 1.29 is 62.4 Å². The van der Waals surface area contributed by atoms with Crippen LogP contribution in [0, 0.1) is 23.7 Å². The van der Waals surface area contributed by atoms with Crippen molar-refractivity contribution in [2.45, 2.75) is 169 Å². The second-order valence-electron chi connectivity index (χ2n) is 22.0. The van der Waals surface area contributed by atoms with Gasteiger partial charge in [-0.15, -0.1) is 0 Å². The van der Waals surface area contributed by atoms with Gasteiger partial charge in [0.2, 0.25) is 41.4 Å². The quantitative estimate of drug-likeness (QED) is 0.0585. The van der Waals surface area contributed by atoms with Crippen molar-refractivity contribution in [3.05, 3.63) is 65.7 Å². The van der Waals surface area contributed by atoms with E-state index in [1.165, 1.54) is 31.1 Å². The maximum atomic E-state index is 14.3. The van der Waals surface area contributed by atoms with Gasteiger partial charge in [0.1, 0.15) is 18.7 Å². The average Bonchev–Trinajstić information content (AvgIpc) is 3.92. The molecule has 3 rings (SSSR count). The van der Waals surface area contributed by atoms with Gasteiger partial charge in [0.25, 0.3) is 0 Å². The Labute approximate surface area is 468 Å². The molecule has 2 aromatic carbocycles. The molecule has 0 spiro atoms. The zero-order valence-corrected chi connectivity index (χ0v) is 49.4. The number of methoxy groups -OCH3 is 2. The molecule has 4 unspecified atom stereocenters. The Kier molecular flexibility index (Phi) is 27.3. The van der Waals surface area contributed by atoms with Crippen molar-refractivity contribution in [2.24, 2.45) is 23.7 Å². The molecule has 1 saturated heterocycles. The van der Waals surface area contributed by atoms with Crippen molar-refractivity contribution in [3.8, 4) is 0 Å². The van der Waals surface area contributed by atoms with E-state index in [0.29, 0.717) is 49.2 Å². The van der Waals surface area contributed by atoms with Crippen molar-refractivity contribution in [3.63, 3.8) is 0 Å². The summed E-state index contributed by atoms with van der Waals surface area (Å²) in [6.07, 6.45) is -1.13. The summed E-state index contributed by atoms with van der Waals surface area (Å²) in [7, 11) is 6.06. The van der Waals surface area contributed by atoms with E-state index in [1.54, 1.807) is 104 Å². The van der Waals surface area contributed by atoms with Crippen LogP contribution in [-0.2, 0) is 59.1 Å². The van der Waals surface area contributed by atoms with Crippen molar-refractivity contribution in [1.82, 2.24) is 36.0 Å². The van der Waals surface area contributed by atoms with Gasteiger partial charge in [0, 0.05) is 47.2 Å². The van der Waals surface area contributed by atoms with Crippen LogP contribution in [0.4, 0.5) is 10.5 Å². The Balaban J connectivity index is 1.57. The van der Waals surface area contributed by atoms with Crippen LogP contribution in [0.1, 0.15) is 125 Å². The van der Waals surface area contributed by atoms with Gasteiger partial charge in [0.15, 0.2) is 0 Å². The molecule has 442 valence electrons. The molecule has 2 aromatic rings. The summed E-state index contributed by atoms with van der Waals surface area (Å²) in [5, 5.41) is 24.6. The SMILES string of the molecule is CCOC(C)(C)CC(=O)NC(C(=O)NCC(=O)Nc1ccc(COC(=O)N(C)C(C(=O)NCC(=O)N(C)C(C(C)CC)[C@@H](CC(=O)N2CCC[C@H]2[C@H](OC)[C@@H](C)C(=O)N[C@H](C)[C@@H](O)c2ccccc2)OC)C(C)C)cc1)C(C)C. The molecular weight excluding hydrogens is 1020 g/mol. The molecule has 0 radical (unpaired) electrons. The van der Waals surface area contributed by atoms with Crippen LogP contribution in [0.25, 0.3) is 0 Å². The summed E-state index contributed by atoms with van der Waals surface area (Å²) in [5.41, 5.74) is 0.980. The number of carbonyl (C=O) groups is 8. The molecule has 1 heterocycles. The van der Waals surface area contributed by atoms with E-state index in [2.05, 4.69) is 26.6 Å². The molecule has 0 aliphatic carbocycles. The monoisotopic (exact) mass is 1110 g/mol. The van der Waals surface area contributed by atoms with Gasteiger partial charge >= 0.3 is 6.09 Å². The van der Waals surface area contributed by atoms with Crippen molar-refractivity contribution >= 4 is 53.1 Å². The van der Waals surface area contributed by atoms with E-state index in [4.69, 9.17) is 18.9 Å². The first-order valence-corrected chi connectivity index (χ1v) is 27.6. The largest absolute Gasteiger partial charge is 0.445 e. The predicted octanol–water partition coefficient (Wildman–Crippen LogP) is 4.96. The fraction of sp³-hybridized carbons (Fsp3) is 0.655. The van der Waals surface area contributed by atoms with Crippen LogP contribution in [0.15, 0.2) is 54.6 Å². The number of likely N-dealkylation sites (N-methyl/N-ethyl adjacent to an activating group) is 2. The standard InChI is InChI=1S/C58H92N8O13/c1-16-37(7)51(44(76-14)30-47(69)66-29-21-24-43(66)53(77-15)38(8)54(72)61-39(9)52(71)41-22-19-18-20-23-41)64(12)48(70)33-60-56(74)50(36(5)6)65(13)57(75)78-34-40-25-27-42(28-26-40)62-46(68)32-59-55(73)49(35(3)4)63-45(67)31-58(10,11)79-17-2/h18-20,22-23,25-28,35-39,43-44,49-53,71H,16-17,21,24,29-34H2,1-15H3,(H,59,73)(H,60,74)(H,61,72)(H,62,68)(H,63,67)/t37?,38-,39-,43+,44-,49?,50?,51?,52-,53-/m1/s1. The van der Waals surface area contributed by atoms with E-state index in [0.717, 1.165) is 0 Å². The fourth-order valence-corrected chi connectivity index (χ4v) is 10.1. The van der Waals surface area contributed by atoms with E-state index < -0.39 is 96.3 Å². The highest BCUT2D eigenvalue weighted by Gasteiger charge is 2.43. The molecule has 0 aromatic heterocycles. The normalized spacial score (nSPS) is 17.0. The van der Waals surface area contributed by atoms with E-state index in [9.17, 15) is 43.5 Å². The lowest BCUT2D eigenvalue weighted by Gasteiger charge is -2.39. The Morgan fingerprint density at radius 1 is 0.772 bits per heavy atom. The number of ether oxygens (including phenoxy) is 4. The number of aliphatic hydroxyl groups excluding tert-OH is 1. The van der Waals surface area contributed by atoms with Crippen LogP contribution >= 0.6 is 0 Å². The Morgan fingerprint density at radius 2 is 1.41 bits per heavy atom. The average molecular weight is 1110 g/mol. The lowest BCUT2D eigenvalue weighted by molar-refractivity contribution is -0.146. The van der Waals surface area contributed by atoms with Gasteiger partial charge < -0.3 is 60.4 Å². The number of anilines is 1. The molecule has 8 amide bonds. The third kappa shape index (κ3) is 20.2. The number of likely N-dealkylation sites (tertiary alicyclic amines) is 1. The number of benzene rings is 2. The Bertz CT molecular complexity index is 2300. The van der Waals surface area contributed by atoms with Gasteiger partial charge in [0.05, 0.1) is 73.9 Å². The molecule has 0 saturated carbocycles. The van der Waals surface area contributed by atoms with E-state index >= 15 is 0 Å². The van der Waals surface area contributed by atoms with Crippen LogP contribution in [0.5, 0.6) is 0 Å². The number of hydrogen-bond acceptors (Lipinski definition) is 13. The van der Waals surface area contributed by atoms with E-state index in [-0.39, 0.29) is 61.5 Å². The molecule has 21 nitrogen and oxygen atoms in total. The highest BCUT2D eigenvalue weighted by atomic mass is 16.6. The van der Waals surface area contributed by atoms with Crippen molar-refractivity contribution in [2.75, 3.05) is 59.9 Å². The third-order valence-corrected chi connectivity index (χ3v) is 14.7. The molecule has 0 bridgehead atoms. The van der Waals surface area contributed by atoms with Crippen LogP contribution < -0.4 is 26.6 Å². The van der Waals surface area contributed by atoms with Gasteiger partial charge in [-0.1, -0.05) is 97.4 Å². The smallest absolute Gasteiger partial charge is 0.410 e. The molecule has 1 aliphatic heterocycles. The topological polar surface area (TPSA) is 264 Å². The van der Waals surface area contributed by atoms with Crippen LogP contribution in [0.2, 0.25) is 0 Å². The number of nitrogens with one attached hydrogen (secondary N) is 5. The highest BCUT2D eigenvalue weighted by molar-refractivity contribution is 5.96. The maximum absolute atomic E-state index is 14.3. The maximum Gasteiger partial charge on any atom is 0.410 e. The molecule has 10 atom stereocenters. The molecule has 6 N–H and O–H groups in total. The second kappa shape index (κ2) is 32.2. The molecule has 1 aliphatic rings. The lowest BCUT2D eigenvalue weighted by Crippen LogP contribution is -2.56. The van der Waals surface area contributed by atoms with Crippen LogP contribution in [-0.4, -0.2) is 170 Å². The van der Waals surface area contributed by atoms with E-state index in [1.807, 2.05) is 39.0 Å².